The molecular formula is C25H16FN5O4S. The molecule has 3 heterocycles. The molecule has 0 aliphatic carbocycles. The summed E-state index contributed by atoms with van der Waals surface area (Å²) in [6, 6.07) is 13.6. The number of fused-ring (bicyclic) bond motifs is 1. The van der Waals surface area contributed by atoms with Gasteiger partial charge in [0.1, 0.15) is 10.9 Å². The van der Waals surface area contributed by atoms with E-state index in [2.05, 4.69) is 15.1 Å². The summed E-state index contributed by atoms with van der Waals surface area (Å²) in [4.78, 5) is 33.2. The standard InChI is InChI=1S/C25H16FN5O4S/c1-34-20-12-14(8-9-19(20)35-24(33)16-6-2-3-7-18(16)26)11-17-21(27)31-25(29-22(17)32)36-23(30-31)15-5-4-10-28-13-15/h2-13,27H,1H3. The van der Waals surface area contributed by atoms with Crippen LogP contribution in [-0.2, 0) is 4.79 Å². The number of benzene rings is 2. The number of hydrogen-bond donors (Lipinski definition) is 1. The number of thioether (sulfide) groups is 1. The number of pyridine rings is 1. The molecule has 178 valence electrons. The van der Waals surface area contributed by atoms with Crippen LogP contribution in [0, 0.1) is 11.2 Å². The Kier molecular flexibility index (Phi) is 6.13. The number of amides is 1. The molecule has 0 radical (unpaired) electrons. The molecule has 1 N–H and O–H groups in total. The lowest BCUT2D eigenvalue weighted by atomic mass is 10.1. The summed E-state index contributed by atoms with van der Waals surface area (Å²) in [5.41, 5.74) is 1.05. The molecule has 0 fully saturated rings. The van der Waals surface area contributed by atoms with Crippen molar-refractivity contribution in [3.63, 3.8) is 0 Å². The van der Waals surface area contributed by atoms with Gasteiger partial charge in [-0.25, -0.2) is 9.18 Å². The van der Waals surface area contributed by atoms with Crippen LogP contribution in [0.3, 0.4) is 0 Å². The van der Waals surface area contributed by atoms with Gasteiger partial charge < -0.3 is 9.47 Å². The van der Waals surface area contributed by atoms with Crippen molar-refractivity contribution in [2.75, 3.05) is 7.11 Å². The average Bonchev–Trinajstić information content (AvgIpc) is 3.32. The van der Waals surface area contributed by atoms with Crippen LogP contribution in [-0.4, -0.2) is 45.0 Å². The summed E-state index contributed by atoms with van der Waals surface area (Å²) in [6.45, 7) is 0. The zero-order valence-electron chi connectivity index (χ0n) is 18.6. The summed E-state index contributed by atoms with van der Waals surface area (Å²) < 4.78 is 24.5. The van der Waals surface area contributed by atoms with E-state index in [1.54, 1.807) is 24.5 Å². The van der Waals surface area contributed by atoms with E-state index in [0.717, 1.165) is 11.6 Å². The van der Waals surface area contributed by atoms with Gasteiger partial charge in [0.05, 0.1) is 18.2 Å². The minimum absolute atomic E-state index is 0.0219. The molecule has 2 aliphatic rings. The van der Waals surface area contributed by atoms with Gasteiger partial charge in [0.2, 0.25) is 5.17 Å². The maximum absolute atomic E-state index is 13.9. The second kappa shape index (κ2) is 9.55. The Morgan fingerprint density at radius 3 is 2.72 bits per heavy atom. The van der Waals surface area contributed by atoms with Gasteiger partial charge in [-0.1, -0.05) is 18.2 Å². The maximum atomic E-state index is 13.9. The molecule has 0 unspecified atom stereocenters. The van der Waals surface area contributed by atoms with Crippen LogP contribution in [0.2, 0.25) is 0 Å². The van der Waals surface area contributed by atoms with Crippen molar-refractivity contribution in [2.45, 2.75) is 0 Å². The van der Waals surface area contributed by atoms with E-state index < -0.39 is 17.7 Å². The fraction of sp³-hybridized carbons (Fsp3) is 0.0400. The second-order valence-electron chi connectivity index (χ2n) is 7.45. The molecule has 0 atom stereocenters. The lowest BCUT2D eigenvalue weighted by Gasteiger charge is -2.20. The summed E-state index contributed by atoms with van der Waals surface area (Å²) in [6.07, 6.45) is 4.75. The molecule has 11 heteroatoms. The molecule has 9 nitrogen and oxygen atoms in total. The highest BCUT2D eigenvalue weighted by Crippen LogP contribution is 2.33. The first-order valence-electron chi connectivity index (χ1n) is 10.5. The first-order chi connectivity index (χ1) is 17.4. The number of aromatic nitrogens is 1. The number of carbonyl (C=O) groups is 2. The summed E-state index contributed by atoms with van der Waals surface area (Å²) in [5.74, 6) is -2.05. The van der Waals surface area contributed by atoms with Crippen LogP contribution in [0.15, 0.2) is 82.7 Å². The Bertz CT molecular complexity index is 1500. The van der Waals surface area contributed by atoms with Gasteiger partial charge in [-0.05, 0) is 59.8 Å². The lowest BCUT2D eigenvalue weighted by molar-refractivity contribution is -0.114. The van der Waals surface area contributed by atoms with E-state index in [-0.39, 0.29) is 33.6 Å². The highest BCUT2D eigenvalue weighted by atomic mass is 32.2. The number of halogens is 1. The SMILES string of the molecule is COc1cc(C=C2C(=N)N3N=C(c4cccnc4)SC3=NC2=O)ccc1OC(=O)c1ccccc1F. The van der Waals surface area contributed by atoms with Gasteiger partial charge in [-0.3, -0.25) is 15.2 Å². The zero-order chi connectivity index (χ0) is 25.2. The third-order valence-corrected chi connectivity index (χ3v) is 6.12. The molecule has 0 saturated carbocycles. The molecule has 36 heavy (non-hydrogen) atoms. The fourth-order valence-electron chi connectivity index (χ4n) is 3.40. The van der Waals surface area contributed by atoms with E-state index in [4.69, 9.17) is 14.9 Å². The van der Waals surface area contributed by atoms with Gasteiger partial charge in [0.25, 0.3) is 5.91 Å². The van der Waals surface area contributed by atoms with E-state index in [9.17, 15) is 14.0 Å². The maximum Gasteiger partial charge on any atom is 0.346 e. The Morgan fingerprint density at radius 2 is 1.97 bits per heavy atom. The lowest BCUT2D eigenvalue weighted by Crippen LogP contribution is -2.35. The summed E-state index contributed by atoms with van der Waals surface area (Å²) in [5, 5.41) is 15.1. The first kappa shape index (κ1) is 23.1. The van der Waals surface area contributed by atoms with Crippen LogP contribution in [0.4, 0.5) is 4.39 Å². The van der Waals surface area contributed by atoms with Gasteiger partial charge in [-0.2, -0.15) is 15.1 Å². The number of hydrogen-bond acceptors (Lipinski definition) is 8. The van der Waals surface area contributed by atoms with Crippen LogP contribution >= 0.6 is 11.8 Å². The molecule has 2 aromatic carbocycles. The molecule has 1 amide bonds. The first-order valence-corrected chi connectivity index (χ1v) is 11.3. The summed E-state index contributed by atoms with van der Waals surface area (Å²) in [7, 11) is 1.38. The van der Waals surface area contributed by atoms with Crippen molar-refractivity contribution in [3.05, 3.63) is 95.1 Å². The van der Waals surface area contributed by atoms with Crippen molar-refractivity contribution in [3.8, 4) is 11.5 Å². The number of aliphatic imine (C=N–C) groups is 1. The predicted molar refractivity (Wildman–Crippen MR) is 133 cm³/mol. The Labute approximate surface area is 208 Å². The van der Waals surface area contributed by atoms with Gasteiger partial charge in [0.15, 0.2) is 17.3 Å². The molecule has 0 spiro atoms. The number of carbonyl (C=O) groups excluding carboxylic acids is 2. The van der Waals surface area contributed by atoms with Crippen molar-refractivity contribution in [1.29, 1.82) is 5.41 Å². The molecule has 0 bridgehead atoms. The van der Waals surface area contributed by atoms with Crippen molar-refractivity contribution < 1.29 is 23.5 Å². The van der Waals surface area contributed by atoms with Gasteiger partial charge in [-0.15, -0.1) is 0 Å². The monoisotopic (exact) mass is 501 g/mol. The number of methoxy groups -OCH3 is 1. The van der Waals surface area contributed by atoms with Crippen molar-refractivity contribution in [1.82, 2.24) is 9.99 Å². The number of rotatable bonds is 5. The van der Waals surface area contributed by atoms with Crippen LogP contribution in [0.5, 0.6) is 11.5 Å². The second-order valence-corrected chi connectivity index (χ2v) is 8.40. The zero-order valence-corrected chi connectivity index (χ0v) is 19.5. The Balaban J connectivity index is 1.40. The number of hydrazone groups is 1. The Morgan fingerprint density at radius 1 is 1.14 bits per heavy atom. The molecule has 1 aromatic heterocycles. The minimum Gasteiger partial charge on any atom is -0.493 e. The molecule has 2 aliphatic heterocycles. The van der Waals surface area contributed by atoms with E-state index in [0.29, 0.717) is 10.6 Å². The fourth-order valence-corrected chi connectivity index (χ4v) is 4.29. The smallest absolute Gasteiger partial charge is 0.346 e. The van der Waals surface area contributed by atoms with E-state index in [1.165, 1.54) is 60.3 Å². The number of nitrogens with one attached hydrogen (secondary N) is 1. The highest BCUT2D eigenvalue weighted by Gasteiger charge is 2.36. The third kappa shape index (κ3) is 4.39. The van der Waals surface area contributed by atoms with Crippen molar-refractivity contribution >= 4 is 45.8 Å². The number of amidine groups is 2. The molecule has 0 saturated heterocycles. The highest BCUT2D eigenvalue weighted by molar-refractivity contribution is 8.27. The van der Waals surface area contributed by atoms with E-state index in [1.807, 2.05) is 6.07 Å². The molecule has 3 aromatic rings. The molecule has 5 rings (SSSR count). The minimum atomic E-state index is -0.877. The summed E-state index contributed by atoms with van der Waals surface area (Å²) >= 11 is 1.18. The van der Waals surface area contributed by atoms with E-state index >= 15 is 0 Å². The number of nitrogens with zero attached hydrogens (tertiary/aromatic N) is 4. The largest absolute Gasteiger partial charge is 0.493 e. The van der Waals surface area contributed by atoms with Crippen LogP contribution in [0.25, 0.3) is 6.08 Å². The topological polar surface area (TPSA) is 117 Å². The van der Waals surface area contributed by atoms with Gasteiger partial charge in [0, 0.05) is 18.0 Å². The third-order valence-electron chi connectivity index (χ3n) is 5.16. The Hall–Kier alpha value is -4.64. The molecular weight excluding hydrogens is 485 g/mol. The average molecular weight is 501 g/mol. The van der Waals surface area contributed by atoms with Gasteiger partial charge >= 0.3 is 5.97 Å². The number of esters is 1. The predicted octanol–water partition coefficient (Wildman–Crippen LogP) is 4.12. The van der Waals surface area contributed by atoms with Crippen molar-refractivity contribution in [2.24, 2.45) is 10.1 Å². The van der Waals surface area contributed by atoms with Crippen LogP contribution in [0.1, 0.15) is 21.5 Å². The van der Waals surface area contributed by atoms with Crippen LogP contribution < -0.4 is 9.47 Å². The normalized spacial score (nSPS) is 15.9. The quantitative estimate of drug-likeness (QED) is 0.318. The number of ether oxygens (including phenoxy) is 2.